The van der Waals surface area contributed by atoms with Gasteiger partial charge in [-0.25, -0.2) is 4.39 Å². The molecule has 0 spiro atoms. The Bertz CT molecular complexity index is 977. The standard InChI is InChI=1S/C23H19FO4/c24-17-10-5-4-9-15(17)21-16(13-19(26)14-7-2-1-3-8-14)23(27)28-20-12-6-11-18(25)22(20)21/h1-5,7-10,16,21H,6,11-13H2/t16-,21?/m1/s1. The molecule has 28 heavy (non-hydrogen) atoms. The summed E-state index contributed by atoms with van der Waals surface area (Å²) in [5, 5.41) is 0. The highest BCUT2D eigenvalue weighted by Gasteiger charge is 2.45. The zero-order valence-electron chi connectivity index (χ0n) is 15.2. The maximum absolute atomic E-state index is 14.6. The molecule has 4 nitrogen and oxygen atoms in total. The van der Waals surface area contributed by atoms with Crippen molar-refractivity contribution in [1.82, 2.24) is 0 Å². The van der Waals surface area contributed by atoms with Gasteiger partial charge in [-0.3, -0.25) is 14.4 Å². The van der Waals surface area contributed by atoms with Gasteiger partial charge < -0.3 is 4.74 Å². The van der Waals surface area contributed by atoms with E-state index in [0.29, 0.717) is 36.2 Å². The highest BCUT2D eigenvalue weighted by atomic mass is 19.1. The minimum Gasteiger partial charge on any atom is -0.430 e. The molecule has 1 aliphatic carbocycles. The fourth-order valence-corrected chi connectivity index (χ4v) is 4.06. The van der Waals surface area contributed by atoms with Crippen molar-refractivity contribution in [1.29, 1.82) is 0 Å². The fourth-order valence-electron chi connectivity index (χ4n) is 4.06. The van der Waals surface area contributed by atoms with Crippen LogP contribution in [0.1, 0.15) is 47.5 Å². The van der Waals surface area contributed by atoms with Crippen molar-refractivity contribution in [2.75, 3.05) is 0 Å². The van der Waals surface area contributed by atoms with Crippen molar-refractivity contribution in [3.8, 4) is 0 Å². The normalized spacial score (nSPS) is 21.9. The first-order valence-corrected chi connectivity index (χ1v) is 9.37. The molecule has 2 aromatic rings. The molecule has 2 aliphatic rings. The maximum atomic E-state index is 14.6. The molecule has 0 amide bonds. The lowest BCUT2D eigenvalue weighted by Crippen LogP contribution is -2.37. The van der Waals surface area contributed by atoms with Gasteiger partial charge in [0.25, 0.3) is 0 Å². The first-order chi connectivity index (χ1) is 13.6. The number of hydrogen-bond acceptors (Lipinski definition) is 4. The third-order valence-corrected chi connectivity index (χ3v) is 5.39. The first-order valence-electron chi connectivity index (χ1n) is 9.37. The molecule has 0 aromatic heterocycles. The molecule has 1 heterocycles. The molecule has 1 unspecified atom stereocenters. The predicted octanol–water partition coefficient (Wildman–Crippen LogP) is 4.36. The average Bonchev–Trinajstić information content (AvgIpc) is 2.70. The van der Waals surface area contributed by atoms with E-state index in [1.54, 1.807) is 48.5 Å². The topological polar surface area (TPSA) is 60.4 Å². The summed E-state index contributed by atoms with van der Waals surface area (Å²) in [6, 6.07) is 14.7. The third kappa shape index (κ3) is 3.28. The lowest BCUT2D eigenvalue weighted by atomic mass is 9.72. The number of allylic oxidation sites excluding steroid dienone is 2. The lowest BCUT2D eigenvalue weighted by Gasteiger charge is -2.35. The molecule has 0 saturated heterocycles. The van der Waals surface area contributed by atoms with Crippen LogP contribution in [-0.4, -0.2) is 17.5 Å². The van der Waals surface area contributed by atoms with Crippen LogP contribution in [-0.2, 0) is 14.3 Å². The Hall–Kier alpha value is -3.08. The zero-order valence-corrected chi connectivity index (χ0v) is 15.2. The van der Waals surface area contributed by atoms with Crippen LogP contribution >= 0.6 is 0 Å². The van der Waals surface area contributed by atoms with Crippen LogP contribution in [0.15, 0.2) is 65.9 Å². The number of esters is 1. The van der Waals surface area contributed by atoms with Crippen LogP contribution in [0.3, 0.4) is 0 Å². The van der Waals surface area contributed by atoms with Gasteiger partial charge in [-0.2, -0.15) is 0 Å². The van der Waals surface area contributed by atoms with E-state index in [4.69, 9.17) is 4.74 Å². The molecular weight excluding hydrogens is 359 g/mol. The van der Waals surface area contributed by atoms with E-state index >= 15 is 0 Å². The van der Waals surface area contributed by atoms with Crippen LogP contribution in [0.2, 0.25) is 0 Å². The van der Waals surface area contributed by atoms with Crippen LogP contribution in [0.5, 0.6) is 0 Å². The average molecular weight is 378 g/mol. The quantitative estimate of drug-likeness (QED) is 0.586. The van der Waals surface area contributed by atoms with Crippen LogP contribution < -0.4 is 0 Å². The van der Waals surface area contributed by atoms with Crippen LogP contribution in [0.4, 0.5) is 4.39 Å². The number of halogens is 1. The summed E-state index contributed by atoms with van der Waals surface area (Å²) >= 11 is 0. The van der Waals surface area contributed by atoms with E-state index < -0.39 is 23.6 Å². The number of ketones is 2. The highest BCUT2D eigenvalue weighted by Crippen LogP contribution is 2.45. The molecule has 0 saturated carbocycles. The molecule has 0 N–H and O–H groups in total. The Morgan fingerprint density at radius 1 is 1.00 bits per heavy atom. The zero-order chi connectivity index (χ0) is 19.7. The first kappa shape index (κ1) is 18.3. The van der Waals surface area contributed by atoms with Gasteiger partial charge in [0.2, 0.25) is 0 Å². The molecule has 5 heteroatoms. The van der Waals surface area contributed by atoms with Crippen LogP contribution in [0, 0.1) is 11.7 Å². The van der Waals surface area contributed by atoms with Crippen molar-refractivity contribution in [3.63, 3.8) is 0 Å². The summed E-state index contributed by atoms with van der Waals surface area (Å²) in [4.78, 5) is 38.2. The Balaban J connectivity index is 1.78. The molecule has 4 rings (SSSR count). The second-order valence-corrected chi connectivity index (χ2v) is 7.13. The van der Waals surface area contributed by atoms with Gasteiger partial charge in [0, 0.05) is 36.3 Å². The Labute approximate surface area is 162 Å². The summed E-state index contributed by atoms with van der Waals surface area (Å²) in [5.41, 5.74) is 1.08. The third-order valence-electron chi connectivity index (χ3n) is 5.39. The van der Waals surface area contributed by atoms with E-state index in [9.17, 15) is 18.8 Å². The van der Waals surface area contributed by atoms with Gasteiger partial charge in [-0.15, -0.1) is 0 Å². The summed E-state index contributed by atoms with van der Waals surface area (Å²) in [5.74, 6) is -2.87. The number of carbonyl (C=O) groups excluding carboxylic acids is 3. The van der Waals surface area contributed by atoms with Gasteiger partial charge in [0.05, 0.1) is 5.92 Å². The van der Waals surface area contributed by atoms with Gasteiger partial charge in [0.1, 0.15) is 11.6 Å². The van der Waals surface area contributed by atoms with Gasteiger partial charge in [-0.05, 0) is 18.1 Å². The van der Waals surface area contributed by atoms with E-state index in [1.165, 1.54) is 6.07 Å². The monoisotopic (exact) mass is 378 g/mol. The summed E-state index contributed by atoms with van der Waals surface area (Å²) in [7, 11) is 0. The fraction of sp³-hybridized carbons (Fsp3) is 0.261. The van der Waals surface area contributed by atoms with Gasteiger partial charge in [0.15, 0.2) is 11.6 Å². The van der Waals surface area contributed by atoms with Crippen molar-refractivity contribution in [3.05, 3.63) is 82.9 Å². The number of hydrogen-bond donors (Lipinski definition) is 0. The number of benzene rings is 2. The largest absolute Gasteiger partial charge is 0.430 e. The van der Waals surface area contributed by atoms with E-state index in [1.807, 2.05) is 0 Å². The molecule has 0 fully saturated rings. The minimum absolute atomic E-state index is 0.140. The SMILES string of the molecule is O=C1CCCC2=C1C(c1ccccc1F)[C@@H](CC(=O)c1ccccc1)C(=O)O2. The molecule has 2 aromatic carbocycles. The smallest absolute Gasteiger partial charge is 0.315 e. The van der Waals surface area contributed by atoms with Crippen LogP contribution in [0.25, 0.3) is 0 Å². The van der Waals surface area contributed by atoms with E-state index in [-0.39, 0.29) is 23.6 Å². The number of rotatable bonds is 4. The van der Waals surface area contributed by atoms with Gasteiger partial charge >= 0.3 is 5.97 Å². The second kappa shape index (κ2) is 7.50. The Kier molecular flexibility index (Phi) is 4.90. The number of ether oxygens (including phenoxy) is 1. The summed E-state index contributed by atoms with van der Waals surface area (Å²) in [6.07, 6.45) is 1.26. The number of Topliss-reactive ketones (excluding diaryl/α,β-unsaturated/α-hetero) is 2. The molecule has 1 aliphatic heterocycles. The molecular formula is C23H19FO4. The minimum atomic E-state index is -0.939. The van der Waals surface area contributed by atoms with E-state index in [2.05, 4.69) is 0 Å². The molecule has 2 atom stereocenters. The highest BCUT2D eigenvalue weighted by molar-refractivity contribution is 6.03. The number of carbonyl (C=O) groups is 3. The molecule has 142 valence electrons. The Morgan fingerprint density at radius 2 is 1.71 bits per heavy atom. The van der Waals surface area contributed by atoms with Crippen molar-refractivity contribution in [2.24, 2.45) is 5.92 Å². The molecule has 0 bridgehead atoms. The van der Waals surface area contributed by atoms with Crippen molar-refractivity contribution in [2.45, 2.75) is 31.6 Å². The summed E-state index contributed by atoms with van der Waals surface area (Å²) in [6.45, 7) is 0. The Morgan fingerprint density at radius 3 is 2.46 bits per heavy atom. The maximum Gasteiger partial charge on any atom is 0.315 e. The van der Waals surface area contributed by atoms with Crippen molar-refractivity contribution < 1.29 is 23.5 Å². The summed E-state index contributed by atoms with van der Waals surface area (Å²) < 4.78 is 20.1. The van der Waals surface area contributed by atoms with Crippen molar-refractivity contribution >= 4 is 17.5 Å². The van der Waals surface area contributed by atoms with E-state index in [0.717, 1.165) is 0 Å². The lowest BCUT2D eigenvalue weighted by molar-refractivity contribution is -0.147. The van der Waals surface area contributed by atoms with Gasteiger partial charge in [-0.1, -0.05) is 48.5 Å². The molecule has 0 radical (unpaired) electrons. The second-order valence-electron chi connectivity index (χ2n) is 7.13. The predicted molar refractivity (Wildman–Crippen MR) is 100.0 cm³/mol.